The Kier molecular flexibility index (Phi) is 11.5. The van der Waals surface area contributed by atoms with Crippen molar-refractivity contribution in [1.82, 2.24) is 14.5 Å². The molecule has 1 fully saturated rings. The zero-order valence-corrected chi connectivity index (χ0v) is 27.6. The molecule has 2 aromatic heterocycles. The van der Waals surface area contributed by atoms with E-state index >= 15 is 0 Å². The van der Waals surface area contributed by atoms with E-state index in [2.05, 4.69) is 80.8 Å². The molecular formula is C41H46FN3. The van der Waals surface area contributed by atoms with Gasteiger partial charge in [0.15, 0.2) is 0 Å². The molecule has 1 saturated carbocycles. The van der Waals surface area contributed by atoms with Crippen molar-refractivity contribution < 1.29 is 4.39 Å². The summed E-state index contributed by atoms with van der Waals surface area (Å²) in [4.78, 5) is 10.1. The first-order chi connectivity index (χ1) is 21.9. The molecule has 0 unspecified atom stereocenters. The van der Waals surface area contributed by atoms with E-state index in [1.807, 2.05) is 26.0 Å². The van der Waals surface area contributed by atoms with E-state index in [4.69, 9.17) is 16.4 Å². The number of benzene rings is 3. The first-order valence-corrected chi connectivity index (χ1v) is 16.1. The number of hydrogen-bond acceptors (Lipinski definition) is 2. The first-order valence-electron chi connectivity index (χ1n) is 16.1. The normalized spacial score (nSPS) is 12.4. The van der Waals surface area contributed by atoms with Gasteiger partial charge in [-0.25, -0.2) is 9.37 Å². The van der Waals surface area contributed by atoms with Gasteiger partial charge in [-0.15, -0.1) is 19.6 Å². The maximum absolute atomic E-state index is 14.4. The van der Waals surface area contributed by atoms with Gasteiger partial charge >= 0.3 is 0 Å². The summed E-state index contributed by atoms with van der Waals surface area (Å²) in [5.74, 6) is 4.14. The van der Waals surface area contributed by atoms with Gasteiger partial charge in [0.25, 0.3) is 0 Å². The molecule has 4 heteroatoms. The Bertz CT molecular complexity index is 1800. The second-order valence-electron chi connectivity index (χ2n) is 11.7. The molecule has 1 aliphatic rings. The molecule has 0 amide bonds. The fraction of sp³-hybridized carbons (Fsp3) is 0.317. The highest BCUT2D eigenvalue weighted by molar-refractivity contribution is 5.77. The van der Waals surface area contributed by atoms with E-state index in [-0.39, 0.29) is 5.82 Å². The minimum atomic E-state index is -0.255. The highest BCUT2D eigenvalue weighted by atomic mass is 19.1. The number of hydrogen-bond donors (Lipinski definition) is 0. The van der Waals surface area contributed by atoms with Gasteiger partial charge in [0.05, 0.1) is 16.7 Å². The average molecular weight is 600 g/mol. The number of terminal acetylenes is 1. The number of fused-ring (bicyclic) bond motifs is 1. The maximum Gasteiger partial charge on any atom is 0.127 e. The van der Waals surface area contributed by atoms with Crippen LogP contribution in [-0.2, 0) is 25.8 Å². The zero-order chi connectivity index (χ0) is 32.5. The van der Waals surface area contributed by atoms with Crippen molar-refractivity contribution in [3.63, 3.8) is 0 Å². The van der Waals surface area contributed by atoms with E-state index in [0.29, 0.717) is 24.0 Å². The highest BCUT2D eigenvalue weighted by Gasteiger charge is 2.22. The summed E-state index contributed by atoms with van der Waals surface area (Å²) >= 11 is 0. The van der Waals surface area contributed by atoms with Crippen LogP contribution >= 0.6 is 0 Å². The topological polar surface area (TPSA) is 30.7 Å². The predicted molar refractivity (Wildman–Crippen MR) is 188 cm³/mol. The van der Waals surface area contributed by atoms with Crippen molar-refractivity contribution in [2.24, 2.45) is 5.92 Å². The Hall–Kier alpha value is -4.49. The third kappa shape index (κ3) is 7.78. The summed E-state index contributed by atoms with van der Waals surface area (Å²) in [6, 6.07) is 22.3. The molecule has 0 saturated heterocycles. The number of aromatic nitrogens is 3. The van der Waals surface area contributed by atoms with Crippen LogP contribution in [0.4, 0.5) is 4.39 Å². The van der Waals surface area contributed by atoms with Crippen molar-refractivity contribution in [3.8, 4) is 23.6 Å². The fourth-order valence-electron chi connectivity index (χ4n) is 5.94. The van der Waals surface area contributed by atoms with Crippen molar-refractivity contribution in [2.45, 2.75) is 79.7 Å². The third-order valence-corrected chi connectivity index (χ3v) is 8.63. The standard InChI is InChI=1S/C37H36FN3.C2H6.C2H4/c1-5-27-13-14-29(33(38)21-27)15-16-31-10-7-11-34(39-31)32-20-25(3)30(19-26(32)4)22-37-40-35-17-12-24(2)18-36(35)41(37)23-28-8-6-9-28;2*1-2/h1,7,10-14,17-21,28H,6,8-9,15-16,22-23H2,2-4H3;1-2H3;1-2H2. The molecular weight excluding hydrogens is 553 g/mol. The first kappa shape index (κ1) is 33.4. The van der Waals surface area contributed by atoms with E-state index in [0.717, 1.165) is 47.2 Å². The van der Waals surface area contributed by atoms with E-state index in [1.165, 1.54) is 53.1 Å². The molecule has 3 nitrogen and oxygen atoms in total. The molecule has 5 aromatic rings. The van der Waals surface area contributed by atoms with Crippen LogP contribution in [0.15, 0.2) is 79.9 Å². The van der Waals surface area contributed by atoms with Gasteiger partial charge in [-0.3, -0.25) is 4.98 Å². The van der Waals surface area contributed by atoms with Crippen molar-refractivity contribution in [1.29, 1.82) is 0 Å². The van der Waals surface area contributed by atoms with Gasteiger partial charge in [-0.05, 0) is 123 Å². The lowest BCUT2D eigenvalue weighted by Crippen LogP contribution is -2.19. The molecule has 0 spiro atoms. The molecule has 0 radical (unpaired) electrons. The van der Waals surface area contributed by atoms with Crippen LogP contribution in [0.25, 0.3) is 22.3 Å². The van der Waals surface area contributed by atoms with Crippen LogP contribution < -0.4 is 0 Å². The lowest BCUT2D eigenvalue weighted by Gasteiger charge is -2.27. The Morgan fingerprint density at radius 2 is 1.67 bits per heavy atom. The Balaban J connectivity index is 0.00000111. The van der Waals surface area contributed by atoms with Crippen LogP contribution in [-0.4, -0.2) is 14.5 Å². The minimum absolute atomic E-state index is 0.255. The fourth-order valence-corrected chi connectivity index (χ4v) is 5.94. The van der Waals surface area contributed by atoms with Crippen LogP contribution in [0.5, 0.6) is 0 Å². The number of aryl methyl sites for hydroxylation is 5. The average Bonchev–Trinajstić information content (AvgIpc) is 3.37. The largest absolute Gasteiger partial charge is 0.327 e. The summed E-state index contributed by atoms with van der Waals surface area (Å²) < 4.78 is 16.9. The Morgan fingerprint density at radius 1 is 0.889 bits per heavy atom. The molecule has 3 aromatic carbocycles. The summed E-state index contributed by atoms with van der Waals surface area (Å²) in [5.41, 5.74) is 11.6. The molecule has 0 atom stereocenters. The van der Waals surface area contributed by atoms with Crippen molar-refractivity contribution in [3.05, 3.63) is 131 Å². The van der Waals surface area contributed by atoms with Gasteiger partial charge in [0.2, 0.25) is 0 Å². The molecule has 0 aliphatic heterocycles. The molecule has 6 rings (SSSR count). The number of rotatable bonds is 8. The Morgan fingerprint density at radius 3 is 2.36 bits per heavy atom. The van der Waals surface area contributed by atoms with Crippen molar-refractivity contribution in [2.75, 3.05) is 0 Å². The van der Waals surface area contributed by atoms with Gasteiger partial charge in [0.1, 0.15) is 11.6 Å². The van der Waals surface area contributed by atoms with Gasteiger partial charge in [-0.2, -0.15) is 0 Å². The lowest BCUT2D eigenvalue weighted by molar-refractivity contribution is 0.277. The second kappa shape index (κ2) is 15.5. The number of imidazole rings is 1. The predicted octanol–water partition coefficient (Wildman–Crippen LogP) is 10.1. The van der Waals surface area contributed by atoms with E-state index in [9.17, 15) is 4.39 Å². The van der Waals surface area contributed by atoms with Crippen LogP contribution in [0.2, 0.25) is 0 Å². The molecule has 1 aliphatic carbocycles. The quantitative estimate of drug-likeness (QED) is 0.131. The summed E-state index contributed by atoms with van der Waals surface area (Å²) in [6.45, 7) is 17.6. The summed E-state index contributed by atoms with van der Waals surface area (Å²) in [6.07, 6.45) is 11.4. The van der Waals surface area contributed by atoms with Crippen LogP contribution in [0, 0.1) is 44.9 Å². The number of halogens is 1. The van der Waals surface area contributed by atoms with Gasteiger partial charge < -0.3 is 4.57 Å². The highest BCUT2D eigenvalue weighted by Crippen LogP contribution is 2.32. The van der Waals surface area contributed by atoms with Crippen LogP contribution in [0.3, 0.4) is 0 Å². The summed E-state index contributed by atoms with van der Waals surface area (Å²) in [5, 5.41) is 0. The van der Waals surface area contributed by atoms with E-state index in [1.54, 1.807) is 12.1 Å². The smallest absolute Gasteiger partial charge is 0.127 e. The molecule has 232 valence electrons. The number of pyridine rings is 1. The molecule has 0 N–H and O–H groups in total. The second-order valence-corrected chi connectivity index (χ2v) is 11.7. The number of nitrogens with zero attached hydrogens (tertiary/aromatic N) is 3. The van der Waals surface area contributed by atoms with Gasteiger partial charge in [0, 0.05) is 29.8 Å². The van der Waals surface area contributed by atoms with E-state index < -0.39 is 0 Å². The zero-order valence-electron chi connectivity index (χ0n) is 27.6. The monoisotopic (exact) mass is 599 g/mol. The molecule has 2 heterocycles. The Labute approximate surface area is 269 Å². The SMILES string of the molecule is C#Cc1ccc(CCc2cccc(-c3cc(C)c(Cc4nc5ccc(C)cc5n4CC4CCC4)cc3C)n2)c(F)c1.C=C.CC. The maximum atomic E-state index is 14.4. The summed E-state index contributed by atoms with van der Waals surface area (Å²) in [7, 11) is 0. The third-order valence-electron chi connectivity index (χ3n) is 8.63. The molecule has 45 heavy (non-hydrogen) atoms. The minimum Gasteiger partial charge on any atom is -0.327 e. The van der Waals surface area contributed by atoms with Crippen molar-refractivity contribution >= 4 is 11.0 Å². The molecule has 0 bridgehead atoms. The lowest BCUT2D eigenvalue weighted by atomic mass is 9.85. The van der Waals surface area contributed by atoms with Crippen LogP contribution in [0.1, 0.15) is 78.0 Å². The van der Waals surface area contributed by atoms with Gasteiger partial charge in [-0.1, -0.05) is 50.5 Å².